The standard InChI is InChI=1S/C15H28N2O4/c1-6-17(7-2)13(19)8-9-16-12(18)10-15(5,11(3)4)14(20)21/h11H,6-10H2,1-5H3,(H,16,18)(H,20,21). The van der Waals surface area contributed by atoms with Gasteiger partial charge in [0.05, 0.1) is 5.41 Å². The SMILES string of the molecule is CCN(CC)C(=O)CCNC(=O)CC(C)(C(=O)O)C(C)C. The molecular formula is C15H28N2O4. The Morgan fingerprint density at radius 3 is 2.10 bits per heavy atom. The van der Waals surface area contributed by atoms with Gasteiger partial charge in [0.25, 0.3) is 0 Å². The molecule has 0 saturated heterocycles. The van der Waals surface area contributed by atoms with Crippen LogP contribution in [0.15, 0.2) is 0 Å². The first-order valence-corrected chi connectivity index (χ1v) is 7.46. The van der Waals surface area contributed by atoms with Crippen LogP contribution in [0.1, 0.15) is 47.5 Å². The van der Waals surface area contributed by atoms with E-state index in [1.54, 1.807) is 25.7 Å². The first kappa shape index (κ1) is 19.4. The summed E-state index contributed by atoms with van der Waals surface area (Å²) < 4.78 is 0. The van der Waals surface area contributed by atoms with E-state index < -0.39 is 11.4 Å². The van der Waals surface area contributed by atoms with Crippen LogP contribution >= 0.6 is 0 Å². The van der Waals surface area contributed by atoms with E-state index in [0.29, 0.717) is 13.1 Å². The molecule has 1 unspecified atom stereocenters. The topological polar surface area (TPSA) is 86.7 Å². The van der Waals surface area contributed by atoms with E-state index in [1.807, 2.05) is 13.8 Å². The molecule has 0 spiro atoms. The Kier molecular flexibility index (Phi) is 7.99. The van der Waals surface area contributed by atoms with Crippen molar-refractivity contribution in [1.29, 1.82) is 0 Å². The van der Waals surface area contributed by atoms with Crippen molar-refractivity contribution in [2.45, 2.75) is 47.5 Å². The predicted molar refractivity (Wildman–Crippen MR) is 80.8 cm³/mol. The van der Waals surface area contributed by atoms with Crippen LogP contribution in [0.4, 0.5) is 0 Å². The number of hydrogen-bond acceptors (Lipinski definition) is 3. The molecule has 122 valence electrons. The van der Waals surface area contributed by atoms with Gasteiger partial charge in [-0.2, -0.15) is 0 Å². The summed E-state index contributed by atoms with van der Waals surface area (Å²) in [5.41, 5.74) is -1.09. The number of carboxylic acids is 1. The number of nitrogens with one attached hydrogen (secondary N) is 1. The highest BCUT2D eigenvalue weighted by Crippen LogP contribution is 2.31. The normalized spacial score (nSPS) is 13.6. The highest BCUT2D eigenvalue weighted by Gasteiger charge is 2.38. The van der Waals surface area contributed by atoms with Crippen molar-refractivity contribution in [3.63, 3.8) is 0 Å². The van der Waals surface area contributed by atoms with Gasteiger partial charge in [0.2, 0.25) is 11.8 Å². The Hall–Kier alpha value is -1.59. The summed E-state index contributed by atoms with van der Waals surface area (Å²) in [5.74, 6) is -1.48. The average molecular weight is 300 g/mol. The largest absolute Gasteiger partial charge is 0.481 e. The van der Waals surface area contributed by atoms with E-state index >= 15 is 0 Å². The summed E-state index contributed by atoms with van der Waals surface area (Å²) in [6.07, 6.45) is 0.151. The number of carbonyl (C=O) groups excluding carboxylic acids is 2. The van der Waals surface area contributed by atoms with Crippen molar-refractivity contribution in [2.24, 2.45) is 11.3 Å². The third-order valence-corrected chi connectivity index (χ3v) is 4.07. The zero-order valence-electron chi connectivity index (χ0n) is 13.7. The molecule has 6 nitrogen and oxygen atoms in total. The van der Waals surface area contributed by atoms with Crippen LogP contribution in [0.2, 0.25) is 0 Å². The first-order chi connectivity index (χ1) is 9.68. The van der Waals surface area contributed by atoms with Gasteiger partial charge in [-0.1, -0.05) is 13.8 Å². The van der Waals surface area contributed by atoms with Gasteiger partial charge in [-0.05, 0) is 26.7 Å². The molecule has 0 saturated carbocycles. The molecule has 0 aliphatic carbocycles. The summed E-state index contributed by atoms with van der Waals surface area (Å²) >= 11 is 0. The lowest BCUT2D eigenvalue weighted by Gasteiger charge is -2.28. The molecule has 0 heterocycles. The third-order valence-electron chi connectivity index (χ3n) is 4.07. The van der Waals surface area contributed by atoms with E-state index in [9.17, 15) is 19.5 Å². The number of nitrogens with zero attached hydrogens (tertiary/aromatic N) is 1. The highest BCUT2D eigenvalue weighted by molar-refractivity contribution is 5.85. The molecule has 0 fully saturated rings. The Morgan fingerprint density at radius 1 is 1.19 bits per heavy atom. The van der Waals surface area contributed by atoms with Gasteiger partial charge >= 0.3 is 5.97 Å². The molecule has 0 aromatic carbocycles. The van der Waals surface area contributed by atoms with Crippen molar-refractivity contribution in [1.82, 2.24) is 10.2 Å². The van der Waals surface area contributed by atoms with Crippen molar-refractivity contribution in [3.8, 4) is 0 Å². The van der Waals surface area contributed by atoms with Gasteiger partial charge in [0.1, 0.15) is 0 Å². The minimum absolute atomic E-state index is 0.00911. The van der Waals surface area contributed by atoms with Crippen LogP contribution in [-0.4, -0.2) is 47.4 Å². The molecule has 0 aliphatic rings. The fourth-order valence-corrected chi connectivity index (χ4v) is 1.97. The minimum Gasteiger partial charge on any atom is -0.481 e. The molecule has 6 heteroatoms. The predicted octanol–water partition coefficient (Wildman–Crippen LogP) is 1.50. The maximum Gasteiger partial charge on any atom is 0.310 e. The molecule has 1 atom stereocenters. The lowest BCUT2D eigenvalue weighted by molar-refractivity contribution is -0.153. The van der Waals surface area contributed by atoms with Crippen molar-refractivity contribution >= 4 is 17.8 Å². The van der Waals surface area contributed by atoms with Crippen LogP contribution < -0.4 is 5.32 Å². The molecule has 2 amide bonds. The quantitative estimate of drug-likeness (QED) is 0.675. The summed E-state index contributed by atoms with van der Waals surface area (Å²) in [5, 5.41) is 11.9. The zero-order valence-corrected chi connectivity index (χ0v) is 13.7. The molecule has 0 bridgehead atoms. The van der Waals surface area contributed by atoms with Crippen LogP contribution in [0.3, 0.4) is 0 Å². The van der Waals surface area contributed by atoms with Crippen molar-refractivity contribution < 1.29 is 19.5 Å². The van der Waals surface area contributed by atoms with Crippen molar-refractivity contribution in [2.75, 3.05) is 19.6 Å². The monoisotopic (exact) mass is 300 g/mol. The molecular weight excluding hydrogens is 272 g/mol. The summed E-state index contributed by atoms with van der Waals surface area (Å²) in [6.45, 7) is 10.5. The lowest BCUT2D eigenvalue weighted by atomic mass is 9.76. The Balaban J connectivity index is 4.34. The molecule has 2 N–H and O–H groups in total. The smallest absolute Gasteiger partial charge is 0.310 e. The number of aliphatic carboxylic acids is 1. The molecule has 0 radical (unpaired) electrons. The van der Waals surface area contributed by atoms with Gasteiger partial charge in [0, 0.05) is 32.5 Å². The van der Waals surface area contributed by atoms with Gasteiger partial charge in [-0.25, -0.2) is 0 Å². The van der Waals surface area contributed by atoms with Crippen LogP contribution in [-0.2, 0) is 14.4 Å². The molecule has 21 heavy (non-hydrogen) atoms. The number of carboxylic acid groups (broad SMARTS) is 1. The second-order valence-electron chi connectivity index (χ2n) is 5.72. The average Bonchev–Trinajstić information content (AvgIpc) is 2.39. The number of hydrogen-bond donors (Lipinski definition) is 2. The fraction of sp³-hybridized carbons (Fsp3) is 0.800. The molecule has 0 rings (SSSR count). The molecule has 0 aromatic rings. The Morgan fingerprint density at radius 2 is 1.71 bits per heavy atom. The summed E-state index contributed by atoms with van der Waals surface area (Å²) in [6, 6.07) is 0. The van der Waals surface area contributed by atoms with Crippen LogP contribution in [0.5, 0.6) is 0 Å². The van der Waals surface area contributed by atoms with Gasteiger partial charge in [0.15, 0.2) is 0 Å². The van der Waals surface area contributed by atoms with E-state index in [-0.39, 0.29) is 37.1 Å². The fourth-order valence-electron chi connectivity index (χ4n) is 1.97. The van der Waals surface area contributed by atoms with Gasteiger partial charge in [-0.15, -0.1) is 0 Å². The van der Waals surface area contributed by atoms with E-state index in [0.717, 1.165) is 0 Å². The van der Waals surface area contributed by atoms with Gasteiger partial charge < -0.3 is 15.3 Å². The maximum atomic E-state index is 11.9. The minimum atomic E-state index is -1.09. The van der Waals surface area contributed by atoms with Crippen LogP contribution in [0, 0.1) is 11.3 Å². The maximum absolute atomic E-state index is 11.9. The lowest BCUT2D eigenvalue weighted by Crippen LogP contribution is -2.40. The summed E-state index contributed by atoms with van der Waals surface area (Å²) in [7, 11) is 0. The second-order valence-corrected chi connectivity index (χ2v) is 5.72. The molecule has 0 aromatic heterocycles. The number of carbonyl (C=O) groups is 3. The first-order valence-electron chi connectivity index (χ1n) is 7.46. The van der Waals surface area contributed by atoms with E-state index in [2.05, 4.69) is 5.32 Å². The number of amides is 2. The molecule has 0 aliphatic heterocycles. The van der Waals surface area contributed by atoms with E-state index in [4.69, 9.17) is 0 Å². The zero-order chi connectivity index (χ0) is 16.6. The van der Waals surface area contributed by atoms with E-state index in [1.165, 1.54) is 0 Å². The summed E-state index contributed by atoms with van der Waals surface area (Å²) in [4.78, 5) is 36.6. The highest BCUT2D eigenvalue weighted by atomic mass is 16.4. The van der Waals surface area contributed by atoms with Crippen LogP contribution in [0.25, 0.3) is 0 Å². The third kappa shape index (κ3) is 5.73. The van der Waals surface area contributed by atoms with Gasteiger partial charge in [-0.3, -0.25) is 14.4 Å². The van der Waals surface area contributed by atoms with Crippen molar-refractivity contribution in [3.05, 3.63) is 0 Å². The number of rotatable bonds is 9. The Bertz CT molecular complexity index is 378. The second kappa shape index (κ2) is 8.64. The Labute approximate surface area is 126 Å².